The van der Waals surface area contributed by atoms with Gasteiger partial charge in [0.25, 0.3) is 0 Å². The second-order valence-corrected chi connectivity index (χ2v) is 8.34. The molecule has 0 radical (unpaired) electrons. The Morgan fingerprint density at radius 3 is 2.66 bits per heavy atom. The van der Waals surface area contributed by atoms with Gasteiger partial charge in [0, 0.05) is 31.5 Å². The molecular weight excluding hydrogens is 386 g/mol. The number of rotatable bonds is 6. The molecule has 3 heterocycles. The van der Waals surface area contributed by atoms with Crippen molar-refractivity contribution in [1.29, 1.82) is 0 Å². The predicted octanol–water partition coefficient (Wildman–Crippen LogP) is 4.04. The van der Waals surface area contributed by atoms with Crippen LogP contribution in [0.2, 0.25) is 0 Å². The fourth-order valence-corrected chi connectivity index (χ4v) is 4.12. The number of carbonyl (C=O) groups excluding carboxylic acids is 1. The van der Waals surface area contributed by atoms with E-state index in [0.29, 0.717) is 16.7 Å². The Morgan fingerprint density at radius 1 is 1.21 bits per heavy atom. The average molecular weight is 412 g/mol. The third-order valence-electron chi connectivity index (χ3n) is 5.21. The van der Waals surface area contributed by atoms with Crippen LogP contribution in [0.5, 0.6) is 0 Å². The smallest absolute Gasteiger partial charge is 0.234 e. The standard InChI is InChI=1S/C21H25N5O2S/c1-15-9-11-26(12-10-15)17-7-5-16(6-8-17)22-19(27)14-29-21-24-23-20(25(21)2)18-4-3-13-28-18/h3-8,13,15H,9-12,14H2,1-2H3,(H,22,27). The Balaban J connectivity index is 1.30. The Morgan fingerprint density at radius 2 is 1.97 bits per heavy atom. The molecular formula is C21H25N5O2S. The van der Waals surface area contributed by atoms with E-state index in [9.17, 15) is 4.79 Å². The summed E-state index contributed by atoms with van der Waals surface area (Å²) in [4.78, 5) is 14.7. The maximum absolute atomic E-state index is 12.3. The van der Waals surface area contributed by atoms with Gasteiger partial charge in [-0.1, -0.05) is 18.7 Å². The van der Waals surface area contributed by atoms with E-state index in [2.05, 4.69) is 39.5 Å². The molecule has 1 aromatic carbocycles. The number of hydrogen-bond acceptors (Lipinski definition) is 6. The minimum absolute atomic E-state index is 0.0721. The first-order chi connectivity index (χ1) is 14.1. The molecule has 1 aliphatic rings. The summed E-state index contributed by atoms with van der Waals surface area (Å²) in [5.74, 6) is 2.29. The molecule has 7 nitrogen and oxygen atoms in total. The molecule has 152 valence electrons. The van der Waals surface area contributed by atoms with Crippen molar-refractivity contribution in [3.05, 3.63) is 42.7 Å². The average Bonchev–Trinajstić information content (AvgIpc) is 3.37. The zero-order valence-corrected chi connectivity index (χ0v) is 17.5. The van der Waals surface area contributed by atoms with Crippen LogP contribution in [0, 0.1) is 5.92 Å². The van der Waals surface area contributed by atoms with Crippen LogP contribution < -0.4 is 10.2 Å². The number of furan rings is 1. The van der Waals surface area contributed by atoms with E-state index in [4.69, 9.17) is 4.42 Å². The molecule has 1 amide bonds. The van der Waals surface area contributed by atoms with Crippen LogP contribution in [0.15, 0.2) is 52.2 Å². The second-order valence-electron chi connectivity index (χ2n) is 7.40. The van der Waals surface area contributed by atoms with Gasteiger partial charge in [0.1, 0.15) is 0 Å². The molecule has 4 rings (SSSR count). The molecule has 1 aliphatic heterocycles. The molecule has 0 spiro atoms. The van der Waals surface area contributed by atoms with Crippen molar-refractivity contribution in [3.8, 4) is 11.6 Å². The third-order valence-corrected chi connectivity index (χ3v) is 6.23. The van der Waals surface area contributed by atoms with Crippen molar-refractivity contribution in [2.45, 2.75) is 24.9 Å². The predicted molar refractivity (Wildman–Crippen MR) is 115 cm³/mol. The van der Waals surface area contributed by atoms with Crippen LogP contribution in [-0.4, -0.2) is 39.5 Å². The molecule has 1 fully saturated rings. The maximum atomic E-state index is 12.3. The number of aromatic nitrogens is 3. The summed E-state index contributed by atoms with van der Waals surface area (Å²) in [5, 5.41) is 11.9. The first kappa shape index (κ1) is 19.6. The number of hydrogen-bond donors (Lipinski definition) is 1. The number of anilines is 2. The third kappa shape index (κ3) is 4.64. The van der Waals surface area contributed by atoms with E-state index >= 15 is 0 Å². The summed E-state index contributed by atoms with van der Waals surface area (Å²) in [7, 11) is 1.86. The van der Waals surface area contributed by atoms with Gasteiger partial charge in [-0.2, -0.15) is 0 Å². The van der Waals surface area contributed by atoms with Crippen LogP contribution in [0.3, 0.4) is 0 Å². The molecule has 0 aliphatic carbocycles. The Hall–Kier alpha value is -2.74. The summed E-state index contributed by atoms with van der Waals surface area (Å²) >= 11 is 1.35. The highest BCUT2D eigenvalue weighted by Gasteiger charge is 2.17. The van der Waals surface area contributed by atoms with Crippen molar-refractivity contribution in [1.82, 2.24) is 14.8 Å². The molecule has 8 heteroatoms. The van der Waals surface area contributed by atoms with E-state index in [1.807, 2.05) is 29.8 Å². The Bertz CT molecular complexity index is 944. The van der Waals surface area contributed by atoms with Gasteiger partial charge in [-0.05, 0) is 55.2 Å². The van der Waals surface area contributed by atoms with Crippen molar-refractivity contribution in [3.63, 3.8) is 0 Å². The number of piperidine rings is 1. The maximum Gasteiger partial charge on any atom is 0.234 e. The van der Waals surface area contributed by atoms with Crippen LogP contribution in [0.1, 0.15) is 19.8 Å². The minimum Gasteiger partial charge on any atom is -0.461 e. The first-order valence-corrected chi connectivity index (χ1v) is 10.8. The highest BCUT2D eigenvalue weighted by Crippen LogP contribution is 2.25. The first-order valence-electron chi connectivity index (χ1n) is 9.81. The number of benzene rings is 1. The van der Waals surface area contributed by atoms with Gasteiger partial charge in [0.05, 0.1) is 12.0 Å². The molecule has 29 heavy (non-hydrogen) atoms. The number of amides is 1. The van der Waals surface area contributed by atoms with Gasteiger partial charge in [-0.25, -0.2) is 0 Å². The van der Waals surface area contributed by atoms with Crippen molar-refractivity contribution in [2.75, 3.05) is 29.1 Å². The summed E-state index contributed by atoms with van der Waals surface area (Å²) in [6, 6.07) is 11.7. The highest BCUT2D eigenvalue weighted by molar-refractivity contribution is 7.99. The lowest BCUT2D eigenvalue weighted by molar-refractivity contribution is -0.113. The number of nitrogens with zero attached hydrogens (tertiary/aromatic N) is 4. The van der Waals surface area contributed by atoms with E-state index in [1.54, 1.807) is 12.3 Å². The summed E-state index contributed by atoms with van der Waals surface area (Å²) in [6.45, 7) is 4.51. The van der Waals surface area contributed by atoms with Gasteiger partial charge in [-0.3, -0.25) is 4.79 Å². The summed E-state index contributed by atoms with van der Waals surface area (Å²) < 4.78 is 7.19. The molecule has 2 aromatic heterocycles. The van der Waals surface area contributed by atoms with Gasteiger partial charge in [0.15, 0.2) is 16.7 Å². The Kier molecular flexibility index (Phi) is 5.89. The highest BCUT2D eigenvalue weighted by atomic mass is 32.2. The molecule has 0 atom stereocenters. The van der Waals surface area contributed by atoms with Crippen molar-refractivity contribution < 1.29 is 9.21 Å². The number of carbonyl (C=O) groups is 1. The van der Waals surface area contributed by atoms with E-state index < -0.39 is 0 Å². The van der Waals surface area contributed by atoms with Crippen LogP contribution >= 0.6 is 11.8 Å². The van der Waals surface area contributed by atoms with Crippen LogP contribution in [-0.2, 0) is 11.8 Å². The molecule has 0 unspecified atom stereocenters. The molecule has 0 saturated carbocycles. The molecule has 1 saturated heterocycles. The van der Waals surface area contributed by atoms with Crippen LogP contribution in [0.4, 0.5) is 11.4 Å². The molecule has 0 bridgehead atoms. The minimum atomic E-state index is -0.0721. The van der Waals surface area contributed by atoms with Gasteiger partial charge < -0.3 is 19.2 Å². The number of thioether (sulfide) groups is 1. The fourth-order valence-electron chi connectivity index (χ4n) is 3.41. The zero-order valence-electron chi connectivity index (χ0n) is 16.7. The molecule has 1 N–H and O–H groups in total. The van der Waals surface area contributed by atoms with E-state index in [1.165, 1.54) is 30.3 Å². The largest absolute Gasteiger partial charge is 0.461 e. The van der Waals surface area contributed by atoms with Crippen molar-refractivity contribution in [2.24, 2.45) is 13.0 Å². The molecule has 3 aromatic rings. The fraction of sp³-hybridized carbons (Fsp3) is 0.381. The normalized spacial score (nSPS) is 14.9. The van der Waals surface area contributed by atoms with E-state index in [-0.39, 0.29) is 11.7 Å². The SMILES string of the molecule is CC1CCN(c2ccc(NC(=O)CSc3nnc(-c4ccco4)n3C)cc2)CC1. The van der Waals surface area contributed by atoms with E-state index in [0.717, 1.165) is 24.7 Å². The second kappa shape index (κ2) is 8.73. The zero-order chi connectivity index (χ0) is 20.2. The van der Waals surface area contributed by atoms with Gasteiger partial charge in [-0.15, -0.1) is 10.2 Å². The lowest BCUT2D eigenvalue weighted by Crippen LogP contribution is -2.32. The lowest BCUT2D eigenvalue weighted by atomic mass is 9.99. The summed E-state index contributed by atoms with van der Waals surface area (Å²) in [5.41, 5.74) is 2.02. The summed E-state index contributed by atoms with van der Waals surface area (Å²) in [6.07, 6.45) is 4.07. The topological polar surface area (TPSA) is 76.2 Å². The van der Waals surface area contributed by atoms with Crippen LogP contribution in [0.25, 0.3) is 11.6 Å². The quantitative estimate of drug-likeness (QED) is 0.617. The van der Waals surface area contributed by atoms with Crippen molar-refractivity contribution >= 4 is 29.0 Å². The van der Waals surface area contributed by atoms with Gasteiger partial charge in [0.2, 0.25) is 5.91 Å². The lowest BCUT2D eigenvalue weighted by Gasteiger charge is -2.32. The Labute approximate surface area is 174 Å². The van der Waals surface area contributed by atoms with Gasteiger partial charge >= 0.3 is 0 Å². The monoisotopic (exact) mass is 411 g/mol. The number of nitrogens with one attached hydrogen (secondary N) is 1.